The van der Waals surface area contributed by atoms with Gasteiger partial charge in [0, 0.05) is 13.1 Å². The van der Waals surface area contributed by atoms with Crippen LogP contribution in [0.2, 0.25) is 0 Å². The molecular formula is C16H18F3N3O2. The fraction of sp³-hybridized carbons (Fsp3) is 0.500. The van der Waals surface area contributed by atoms with Crippen LogP contribution in [0.1, 0.15) is 34.4 Å². The molecule has 24 heavy (non-hydrogen) atoms. The minimum atomic E-state index is -4.33. The molecular weight excluding hydrogens is 323 g/mol. The second-order valence-corrected chi connectivity index (χ2v) is 5.88. The van der Waals surface area contributed by atoms with Gasteiger partial charge in [-0.05, 0) is 37.1 Å². The summed E-state index contributed by atoms with van der Waals surface area (Å²) in [6, 6.07) is 3.64. The second kappa shape index (κ2) is 6.52. The molecule has 1 aliphatic heterocycles. The van der Waals surface area contributed by atoms with Crippen LogP contribution in [0.4, 0.5) is 13.2 Å². The largest absolute Gasteiger partial charge is 0.416 e. The Labute approximate surface area is 137 Å². The summed E-state index contributed by atoms with van der Waals surface area (Å²) in [4.78, 5) is 6.34. The van der Waals surface area contributed by atoms with E-state index in [0.717, 1.165) is 11.6 Å². The van der Waals surface area contributed by atoms with Crippen LogP contribution in [0.5, 0.6) is 0 Å². The molecule has 0 amide bonds. The summed E-state index contributed by atoms with van der Waals surface area (Å²) in [5.41, 5.74) is 0.817. The third-order valence-corrected chi connectivity index (χ3v) is 4.11. The maximum atomic E-state index is 12.8. The highest BCUT2D eigenvalue weighted by atomic mass is 19.4. The first-order valence-electron chi connectivity index (χ1n) is 7.63. The number of rotatable bonds is 3. The molecule has 0 saturated carbocycles. The van der Waals surface area contributed by atoms with Crippen LogP contribution in [-0.4, -0.2) is 34.8 Å². The Hall–Kier alpha value is -1.93. The van der Waals surface area contributed by atoms with E-state index < -0.39 is 11.7 Å². The Morgan fingerprint density at radius 1 is 1.29 bits per heavy atom. The highest BCUT2D eigenvalue weighted by molar-refractivity contribution is 5.32. The number of nitrogens with zero attached hydrogens (tertiary/aromatic N) is 3. The van der Waals surface area contributed by atoms with Gasteiger partial charge in [0.2, 0.25) is 5.89 Å². The number of halogens is 3. The molecule has 0 N–H and O–H groups in total. The summed E-state index contributed by atoms with van der Waals surface area (Å²) in [6.45, 7) is 5.55. The van der Waals surface area contributed by atoms with Gasteiger partial charge in [0.05, 0.1) is 18.8 Å². The Kier molecular flexibility index (Phi) is 4.60. The molecule has 5 nitrogen and oxygen atoms in total. The SMILES string of the molecule is Cc1noc(C2COCCN2Cc2ccc(C(F)(F)F)cc2C)n1. The summed E-state index contributed by atoms with van der Waals surface area (Å²) in [5.74, 6) is 1.01. The molecule has 1 aromatic carbocycles. The molecule has 2 heterocycles. The monoisotopic (exact) mass is 341 g/mol. The topological polar surface area (TPSA) is 51.4 Å². The van der Waals surface area contributed by atoms with E-state index in [0.29, 0.717) is 43.6 Å². The molecule has 130 valence electrons. The summed E-state index contributed by atoms with van der Waals surface area (Å²) in [5, 5.41) is 3.80. The van der Waals surface area contributed by atoms with Crippen molar-refractivity contribution in [3.63, 3.8) is 0 Å². The molecule has 1 atom stereocenters. The van der Waals surface area contributed by atoms with Crippen LogP contribution in [0.15, 0.2) is 22.7 Å². The van der Waals surface area contributed by atoms with Gasteiger partial charge in [-0.3, -0.25) is 4.90 Å². The first kappa shape index (κ1) is 16.9. The van der Waals surface area contributed by atoms with E-state index in [2.05, 4.69) is 15.0 Å². The van der Waals surface area contributed by atoms with Crippen molar-refractivity contribution >= 4 is 0 Å². The summed E-state index contributed by atoms with van der Waals surface area (Å²) >= 11 is 0. The predicted octanol–water partition coefficient (Wildman–Crippen LogP) is 3.28. The fourth-order valence-corrected chi connectivity index (χ4v) is 2.77. The van der Waals surface area contributed by atoms with Gasteiger partial charge in [-0.2, -0.15) is 18.2 Å². The molecule has 1 unspecified atom stereocenters. The van der Waals surface area contributed by atoms with Crippen LogP contribution in [0, 0.1) is 13.8 Å². The average Bonchev–Trinajstić information content (AvgIpc) is 2.95. The van der Waals surface area contributed by atoms with Crippen LogP contribution >= 0.6 is 0 Å². The summed E-state index contributed by atoms with van der Waals surface area (Å²) < 4.78 is 49.1. The zero-order chi connectivity index (χ0) is 17.3. The molecule has 2 aromatic rings. The number of ether oxygens (including phenoxy) is 1. The molecule has 1 fully saturated rings. The molecule has 3 rings (SSSR count). The molecule has 1 aromatic heterocycles. The van der Waals surface area contributed by atoms with E-state index in [1.54, 1.807) is 13.8 Å². The van der Waals surface area contributed by atoms with Crippen molar-refractivity contribution in [2.75, 3.05) is 19.8 Å². The van der Waals surface area contributed by atoms with Crippen molar-refractivity contribution in [2.45, 2.75) is 32.6 Å². The molecule has 0 radical (unpaired) electrons. The fourth-order valence-electron chi connectivity index (χ4n) is 2.77. The lowest BCUT2D eigenvalue weighted by Gasteiger charge is -2.33. The van der Waals surface area contributed by atoms with Gasteiger partial charge >= 0.3 is 6.18 Å². The lowest BCUT2D eigenvalue weighted by molar-refractivity contribution is -0.137. The summed E-state index contributed by atoms with van der Waals surface area (Å²) in [7, 11) is 0. The van der Waals surface area contributed by atoms with Crippen molar-refractivity contribution < 1.29 is 22.4 Å². The van der Waals surface area contributed by atoms with Crippen molar-refractivity contribution in [1.29, 1.82) is 0 Å². The van der Waals surface area contributed by atoms with E-state index in [9.17, 15) is 13.2 Å². The van der Waals surface area contributed by atoms with Crippen LogP contribution in [0.25, 0.3) is 0 Å². The third kappa shape index (κ3) is 3.59. The predicted molar refractivity (Wildman–Crippen MR) is 79.2 cm³/mol. The average molecular weight is 341 g/mol. The quantitative estimate of drug-likeness (QED) is 0.858. The Morgan fingerprint density at radius 2 is 2.08 bits per heavy atom. The van der Waals surface area contributed by atoms with Crippen LogP contribution in [-0.2, 0) is 17.5 Å². The van der Waals surface area contributed by atoms with E-state index in [1.165, 1.54) is 12.1 Å². The minimum absolute atomic E-state index is 0.193. The molecule has 8 heteroatoms. The Bertz CT molecular complexity index is 715. The molecule has 0 aliphatic carbocycles. The van der Waals surface area contributed by atoms with E-state index in [-0.39, 0.29) is 6.04 Å². The zero-order valence-electron chi connectivity index (χ0n) is 13.4. The van der Waals surface area contributed by atoms with Crippen molar-refractivity contribution in [2.24, 2.45) is 0 Å². The lowest BCUT2D eigenvalue weighted by Crippen LogP contribution is -2.39. The number of alkyl halides is 3. The van der Waals surface area contributed by atoms with E-state index >= 15 is 0 Å². The first-order chi connectivity index (χ1) is 11.3. The third-order valence-electron chi connectivity index (χ3n) is 4.11. The van der Waals surface area contributed by atoms with E-state index in [1.807, 2.05) is 0 Å². The number of benzene rings is 1. The van der Waals surface area contributed by atoms with Crippen LogP contribution in [0.3, 0.4) is 0 Å². The summed E-state index contributed by atoms with van der Waals surface area (Å²) in [6.07, 6.45) is -4.33. The maximum absolute atomic E-state index is 12.8. The van der Waals surface area contributed by atoms with Gasteiger partial charge in [0.25, 0.3) is 0 Å². The van der Waals surface area contributed by atoms with Gasteiger partial charge in [0.15, 0.2) is 5.82 Å². The van der Waals surface area contributed by atoms with E-state index in [4.69, 9.17) is 9.26 Å². The van der Waals surface area contributed by atoms with Gasteiger partial charge in [-0.25, -0.2) is 0 Å². The van der Waals surface area contributed by atoms with Gasteiger partial charge < -0.3 is 9.26 Å². The lowest BCUT2D eigenvalue weighted by atomic mass is 10.0. The highest BCUT2D eigenvalue weighted by Gasteiger charge is 2.32. The number of morpholine rings is 1. The molecule has 0 bridgehead atoms. The maximum Gasteiger partial charge on any atom is 0.416 e. The molecule has 1 aliphatic rings. The van der Waals surface area contributed by atoms with Crippen molar-refractivity contribution in [3.05, 3.63) is 46.6 Å². The molecule has 0 spiro atoms. The normalized spacial score (nSPS) is 19.6. The Morgan fingerprint density at radius 3 is 2.71 bits per heavy atom. The smallest absolute Gasteiger partial charge is 0.378 e. The van der Waals surface area contributed by atoms with Crippen molar-refractivity contribution in [1.82, 2.24) is 15.0 Å². The number of aryl methyl sites for hydroxylation is 2. The van der Waals surface area contributed by atoms with Gasteiger partial charge in [-0.1, -0.05) is 11.2 Å². The Balaban J connectivity index is 1.80. The zero-order valence-corrected chi connectivity index (χ0v) is 13.4. The van der Waals surface area contributed by atoms with Crippen LogP contribution < -0.4 is 0 Å². The van der Waals surface area contributed by atoms with Gasteiger partial charge in [-0.15, -0.1) is 0 Å². The highest BCUT2D eigenvalue weighted by Crippen LogP contribution is 2.31. The van der Waals surface area contributed by atoms with Gasteiger partial charge in [0.1, 0.15) is 6.04 Å². The number of aromatic nitrogens is 2. The number of hydrogen-bond donors (Lipinski definition) is 0. The first-order valence-corrected chi connectivity index (χ1v) is 7.63. The second-order valence-electron chi connectivity index (χ2n) is 5.88. The van der Waals surface area contributed by atoms with Crippen molar-refractivity contribution in [3.8, 4) is 0 Å². The molecule has 1 saturated heterocycles. The minimum Gasteiger partial charge on any atom is -0.378 e. The standard InChI is InChI=1S/C16H18F3N3O2/c1-10-7-13(16(17,18)19)4-3-12(10)8-22-5-6-23-9-14(22)15-20-11(2)21-24-15/h3-4,7,14H,5-6,8-9H2,1-2H3. The number of hydrogen-bond acceptors (Lipinski definition) is 5.